The third-order valence-corrected chi connectivity index (χ3v) is 3.39. The third-order valence-electron chi connectivity index (χ3n) is 3.39. The van der Waals surface area contributed by atoms with E-state index in [9.17, 15) is 9.90 Å². The van der Waals surface area contributed by atoms with Crippen molar-refractivity contribution in [1.82, 2.24) is 15.1 Å². The molecule has 1 aromatic heterocycles. The number of aliphatic hydroxyl groups excluding tert-OH is 1. The van der Waals surface area contributed by atoms with Crippen LogP contribution in [0.5, 0.6) is 0 Å². The van der Waals surface area contributed by atoms with E-state index in [-0.39, 0.29) is 18.5 Å². The Balaban J connectivity index is 1.71. The Morgan fingerprint density at radius 1 is 1.42 bits per heavy atom. The number of amides is 1. The molecule has 2 atom stereocenters. The van der Waals surface area contributed by atoms with Gasteiger partial charge in [-0.25, -0.2) is 0 Å². The second kappa shape index (κ2) is 4.85. The Hall–Kier alpha value is -2.14. The Morgan fingerprint density at radius 3 is 3.05 bits per heavy atom. The smallest absolute Gasteiger partial charge is 0.242 e. The third kappa shape index (κ3) is 2.37. The van der Waals surface area contributed by atoms with Gasteiger partial charge in [0, 0.05) is 18.8 Å². The number of carbonyl (C=O) groups is 1. The van der Waals surface area contributed by atoms with Crippen molar-refractivity contribution < 1.29 is 9.90 Å². The lowest BCUT2D eigenvalue weighted by Crippen LogP contribution is -2.36. The molecule has 1 aliphatic rings. The predicted octanol–water partition coefficient (Wildman–Crippen LogP) is 0.658. The molecule has 2 unspecified atom stereocenters. The van der Waals surface area contributed by atoms with Crippen LogP contribution < -0.4 is 5.32 Å². The summed E-state index contributed by atoms with van der Waals surface area (Å²) in [5, 5.41) is 16.9. The average molecular weight is 257 g/mol. The first-order valence-electron chi connectivity index (χ1n) is 6.27. The van der Waals surface area contributed by atoms with Gasteiger partial charge in [-0.15, -0.1) is 0 Å². The molecule has 5 heteroatoms. The first kappa shape index (κ1) is 11.9. The lowest BCUT2D eigenvalue weighted by molar-refractivity contribution is -0.123. The highest BCUT2D eigenvalue weighted by atomic mass is 16.3. The van der Waals surface area contributed by atoms with Gasteiger partial charge in [-0.2, -0.15) is 5.10 Å². The summed E-state index contributed by atoms with van der Waals surface area (Å²) in [5.74, 6) is -0.149. The first-order valence-corrected chi connectivity index (χ1v) is 6.27. The SMILES string of the molecule is O=C(Cn1cccn1)NC1c2ccccc2CC1O. The largest absolute Gasteiger partial charge is 0.390 e. The molecule has 19 heavy (non-hydrogen) atoms. The van der Waals surface area contributed by atoms with E-state index in [1.807, 2.05) is 24.3 Å². The van der Waals surface area contributed by atoms with E-state index >= 15 is 0 Å². The summed E-state index contributed by atoms with van der Waals surface area (Å²) in [5.41, 5.74) is 2.10. The molecule has 3 rings (SSSR count). The van der Waals surface area contributed by atoms with E-state index in [1.54, 1.807) is 23.1 Å². The van der Waals surface area contributed by atoms with Gasteiger partial charge < -0.3 is 10.4 Å². The van der Waals surface area contributed by atoms with Crippen LogP contribution in [0.1, 0.15) is 17.2 Å². The Bertz CT molecular complexity index is 580. The highest BCUT2D eigenvalue weighted by Crippen LogP contribution is 2.31. The minimum absolute atomic E-state index is 0.149. The fraction of sp³-hybridized carbons (Fsp3) is 0.286. The fourth-order valence-electron chi connectivity index (χ4n) is 2.51. The monoisotopic (exact) mass is 257 g/mol. The molecule has 1 aromatic carbocycles. The molecule has 0 spiro atoms. The Labute approximate surface area is 110 Å². The van der Waals surface area contributed by atoms with Crippen LogP contribution in [0, 0.1) is 0 Å². The van der Waals surface area contributed by atoms with Crippen LogP contribution in [-0.2, 0) is 17.8 Å². The summed E-state index contributed by atoms with van der Waals surface area (Å²) in [6.07, 6.45) is 3.40. The Morgan fingerprint density at radius 2 is 2.26 bits per heavy atom. The van der Waals surface area contributed by atoms with Crippen molar-refractivity contribution in [1.29, 1.82) is 0 Å². The Kier molecular flexibility index (Phi) is 3.05. The highest BCUT2D eigenvalue weighted by Gasteiger charge is 2.31. The number of aliphatic hydroxyl groups is 1. The molecule has 1 heterocycles. The number of hydrogen-bond donors (Lipinski definition) is 2. The summed E-state index contributed by atoms with van der Waals surface area (Å²) >= 11 is 0. The van der Waals surface area contributed by atoms with Crippen molar-refractivity contribution in [2.75, 3.05) is 0 Å². The van der Waals surface area contributed by atoms with Crippen molar-refractivity contribution in [2.45, 2.75) is 25.1 Å². The summed E-state index contributed by atoms with van der Waals surface area (Å²) in [6.45, 7) is 0.165. The van der Waals surface area contributed by atoms with Gasteiger partial charge in [0.15, 0.2) is 0 Å². The van der Waals surface area contributed by atoms with Gasteiger partial charge in [0.05, 0.1) is 12.1 Å². The molecule has 1 amide bonds. The molecule has 1 aliphatic carbocycles. The molecule has 0 radical (unpaired) electrons. The van der Waals surface area contributed by atoms with Crippen LogP contribution >= 0.6 is 0 Å². The zero-order chi connectivity index (χ0) is 13.2. The molecule has 0 saturated heterocycles. The number of rotatable bonds is 3. The summed E-state index contributed by atoms with van der Waals surface area (Å²) in [4.78, 5) is 11.9. The molecule has 2 aromatic rings. The van der Waals surface area contributed by atoms with Gasteiger partial charge in [-0.1, -0.05) is 24.3 Å². The molecule has 0 aliphatic heterocycles. The molecule has 0 fully saturated rings. The van der Waals surface area contributed by atoms with Gasteiger partial charge in [0.2, 0.25) is 5.91 Å². The number of fused-ring (bicyclic) bond motifs is 1. The van der Waals surface area contributed by atoms with Crippen LogP contribution in [0.15, 0.2) is 42.7 Å². The number of nitrogens with one attached hydrogen (secondary N) is 1. The van der Waals surface area contributed by atoms with Gasteiger partial charge >= 0.3 is 0 Å². The van der Waals surface area contributed by atoms with Gasteiger partial charge in [0.1, 0.15) is 6.54 Å². The highest BCUT2D eigenvalue weighted by molar-refractivity contribution is 5.76. The maximum atomic E-state index is 11.9. The first-order chi connectivity index (χ1) is 9.24. The second-order valence-corrected chi connectivity index (χ2v) is 4.72. The van der Waals surface area contributed by atoms with E-state index in [2.05, 4.69) is 10.4 Å². The van der Waals surface area contributed by atoms with E-state index in [0.717, 1.165) is 11.1 Å². The summed E-state index contributed by atoms with van der Waals surface area (Å²) < 4.78 is 1.56. The standard InChI is InChI=1S/C14H15N3O2/c18-12-8-10-4-1-2-5-11(10)14(12)16-13(19)9-17-7-3-6-15-17/h1-7,12,14,18H,8-9H2,(H,16,19). The lowest BCUT2D eigenvalue weighted by atomic mass is 10.1. The topological polar surface area (TPSA) is 67.2 Å². The quantitative estimate of drug-likeness (QED) is 0.848. The molecule has 0 bridgehead atoms. The zero-order valence-electron chi connectivity index (χ0n) is 10.4. The maximum absolute atomic E-state index is 11.9. The number of hydrogen-bond acceptors (Lipinski definition) is 3. The second-order valence-electron chi connectivity index (χ2n) is 4.72. The predicted molar refractivity (Wildman–Crippen MR) is 69.3 cm³/mol. The molecular formula is C14H15N3O2. The normalized spacial score (nSPS) is 21.1. The van der Waals surface area contributed by atoms with Crippen LogP contribution in [0.2, 0.25) is 0 Å². The van der Waals surface area contributed by atoms with E-state index in [1.165, 1.54) is 0 Å². The summed E-state index contributed by atoms with van der Waals surface area (Å²) in [7, 11) is 0. The van der Waals surface area contributed by atoms with E-state index in [0.29, 0.717) is 6.42 Å². The van der Waals surface area contributed by atoms with E-state index < -0.39 is 6.10 Å². The van der Waals surface area contributed by atoms with Crippen LogP contribution in [0.25, 0.3) is 0 Å². The van der Waals surface area contributed by atoms with Crippen molar-refractivity contribution in [3.63, 3.8) is 0 Å². The van der Waals surface area contributed by atoms with Crippen LogP contribution in [0.3, 0.4) is 0 Å². The van der Waals surface area contributed by atoms with Gasteiger partial charge in [-0.05, 0) is 17.2 Å². The number of aromatic nitrogens is 2. The van der Waals surface area contributed by atoms with Gasteiger partial charge in [0.25, 0.3) is 0 Å². The van der Waals surface area contributed by atoms with Crippen molar-refractivity contribution in [2.24, 2.45) is 0 Å². The zero-order valence-corrected chi connectivity index (χ0v) is 10.4. The fourth-order valence-corrected chi connectivity index (χ4v) is 2.51. The van der Waals surface area contributed by atoms with Crippen LogP contribution in [-0.4, -0.2) is 26.9 Å². The van der Waals surface area contributed by atoms with E-state index in [4.69, 9.17) is 0 Å². The average Bonchev–Trinajstić information content (AvgIpc) is 2.99. The maximum Gasteiger partial charge on any atom is 0.242 e. The van der Waals surface area contributed by atoms with Gasteiger partial charge in [-0.3, -0.25) is 9.48 Å². The van der Waals surface area contributed by atoms with Crippen LogP contribution in [0.4, 0.5) is 0 Å². The summed E-state index contributed by atoms with van der Waals surface area (Å²) in [6, 6.07) is 9.25. The van der Waals surface area contributed by atoms with Crippen molar-refractivity contribution in [3.8, 4) is 0 Å². The molecule has 5 nitrogen and oxygen atoms in total. The van der Waals surface area contributed by atoms with Crippen molar-refractivity contribution in [3.05, 3.63) is 53.9 Å². The number of benzene rings is 1. The molecule has 2 N–H and O–H groups in total. The molecule has 0 saturated carbocycles. The number of nitrogens with zero attached hydrogens (tertiary/aromatic N) is 2. The van der Waals surface area contributed by atoms with Crippen molar-refractivity contribution >= 4 is 5.91 Å². The molecule has 98 valence electrons. The minimum atomic E-state index is -0.557. The lowest BCUT2D eigenvalue weighted by Gasteiger charge is -2.17. The molecular weight excluding hydrogens is 242 g/mol. The number of carbonyl (C=O) groups excluding carboxylic acids is 1. The minimum Gasteiger partial charge on any atom is -0.390 e.